The Morgan fingerprint density at radius 3 is 3.15 bits per heavy atom. The van der Waals surface area contributed by atoms with Crippen molar-refractivity contribution in [1.82, 2.24) is 19.9 Å². The molecule has 1 fully saturated rings. The van der Waals surface area contributed by atoms with E-state index < -0.39 is 0 Å². The lowest BCUT2D eigenvalue weighted by molar-refractivity contribution is -0.135. The van der Waals surface area contributed by atoms with Gasteiger partial charge in [-0.05, 0) is 25.0 Å². The van der Waals surface area contributed by atoms with Crippen molar-refractivity contribution in [2.24, 2.45) is 0 Å². The Morgan fingerprint density at radius 2 is 2.30 bits per heavy atom. The summed E-state index contributed by atoms with van der Waals surface area (Å²) in [5.41, 5.74) is 1.70. The van der Waals surface area contributed by atoms with Gasteiger partial charge in [-0.3, -0.25) is 4.79 Å². The van der Waals surface area contributed by atoms with E-state index in [1.54, 1.807) is 11.8 Å². The molecule has 0 radical (unpaired) electrons. The second-order valence-electron chi connectivity index (χ2n) is 5.08. The standard InChI is InChI=1S/C14H18N4O2/c1-20-11-5-4-8-17(9-11)14(19)10-18-13-7-3-2-6-12(13)15-16-18/h2-3,6-7,11H,4-5,8-10H2,1H3/t11-/m0/s1. The van der Waals surface area contributed by atoms with Gasteiger partial charge >= 0.3 is 0 Å². The highest BCUT2D eigenvalue weighted by Crippen LogP contribution is 2.14. The van der Waals surface area contributed by atoms with Crippen LogP contribution in [0.2, 0.25) is 0 Å². The summed E-state index contributed by atoms with van der Waals surface area (Å²) in [6.45, 7) is 1.70. The molecule has 1 atom stereocenters. The lowest BCUT2D eigenvalue weighted by Gasteiger charge is -2.31. The molecule has 1 amide bonds. The van der Waals surface area contributed by atoms with Crippen molar-refractivity contribution in [3.8, 4) is 0 Å². The number of piperidine rings is 1. The summed E-state index contributed by atoms with van der Waals surface area (Å²) in [4.78, 5) is 14.2. The summed E-state index contributed by atoms with van der Waals surface area (Å²) in [6.07, 6.45) is 2.16. The number of fused-ring (bicyclic) bond motifs is 1. The third-order valence-corrected chi connectivity index (χ3v) is 3.77. The van der Waals surface area contributed by atoms with Crippen LogP contribution in [-0.4, -0.2) is 52.1 Å². The number of amides is 1. The van der Waals surface area contributed by atoms with Gasteiger partial charge in [0.15, 0.2) is 0 Å². The van der Waals surface area contributed by atoms with Crippen molar-refractivity contribution in [3.63, 3.8) is 0 Å². The van der Waals surface area contributed by atoms with Gasteiger partial charge in [0, 0.05) is 20.2 Å². The molecule has 0 aliphatic carbocycles. The van der Waals surface area contributed by atoms with Gasteiger partial charge in [0.1, 0.15) is 12.1 Å². The molecule has 0 N–H and O–H groups in total. The molecule has 0 bridgehead atoms. The molecule has 0 saturated carbocycles. The van der Waals surface area contributed by atoms with E-state index in [4.69, 9.17) is 4.74 Å². The SMILES string of the molecule is CO[C@H]1CCCN(C(=O)Cn2nnc3ccccc32)C1. The Morgan fingerprint density at radius 1 is 1.45 bits per heavy atom. The van der Waals surface area contributed by atoms with Crippen LogP contribution in [0.3, 0.4) is 0 Å². The Bertz CT molecular complexity index is 610. The molecule has 6 heteroatoms. The van der Waals surface area contributed by atoms with Crippen molar-refractivity contribution >= 4 is 16.9 Å². The van der Waals surface area contributed by atoms with Crippen molar-refractivity contribution in [2.45, 2.75) is 25.5 Å². The summed E-state index contributed by atoms with van der Waals surface area (Å²) in [5.74, 6) is 0.0717. The molecular weight excluding hydrogens is 256 g/mol. The first kappa shape index (κ1) is 13.1. The topological polar surface area (TPSA) is 60.2 Å². The van der Waals surface area contributed by atoms with Crippen LogP contribution < -0.4 is 0 Å². The molecular formula is C14H18N4O2. The van der Waals surface area contributed by atoms with Crippen molar-refractivity contribution < 1.29 is 9.53 Å². The summed E-state index contributed by atoms with van der Waals surface area (Å²) >= 11 is 0. The predicted molar refractivity (Wildman–Crippen MR) is 74.1 cm³/mol. The summed E-state index contributed by atoms with van der Waals surface area (Å²) in [5, 5.41) is 8.12. The van der Waals surface area contributed by atoms with Crippen LogP contribution >= 0.6 is 0 Å². The number of hydrogen-bond acceptors (Lipinski definition) is 4. The van der Waals surface area contributed by atoms with Crippen molar-refractivity contribution in [1.29, 1.82) is 0 Å². The van der Waals surface area contributed by atoms with Crippen LogP contribution in [0.5, 0.6) is 0 Å². The van der Waals surface area contributed by atoms with E-state index >= 15 is 0 Å². The molecule has 0 spiro atoms. The summed E-state index contributed by atoms with van der Waals surface area (Å²) < 4.78 is 7.01. The largest absolute Gasteiger partial charge is 0.380 e. The molecule has 1 saturated heterocycles. The second kappa shape index (κ2) is 5.58. The average Bonchev–Trinajstić information content (AvgIpc) is 2.90. The zero-order valence-electron chi connectivity index (χ0n) is 11.5. The number of rotatable bonds is 3. The highest BCUT2D eigenvalue weighted by atomic mass is 16.5. The minimum atomic E-state index is 0.0717. The van der Waals surface area contributed by atoms with Crippen LogP contribution in [0.4, 0.5) is 0 Å². The number of hydrogen-bond donors (Lipinski definition) is 0. The van der Waals surface area contributed by atoms with E-state index in [1.807, 2.05) is 29.2 Å². The third kappa shape index (κ3) is 2.51. The normalized spacial score (nSPS) is 19.4. The number of carbonyl (C=O) groups excluding carboxylic acids is 1. The van der Waals surface area contributed by atoms with Crippen LogP contribution in [0.15, 0.2) is 24.3 Å². The highest BCUT2D eigenvalue weighted by Gasteiger charge is 2.24. The average molecular weight is 274 g/mol. The number of aromatic nitrogens is 3. The zero-order chi connectivity index (χ0) is 13.9. The number of nitrogens with zero attached hydrogens (tertiary/aromatic N) is 4. The van der Waals surface area contributed by atoms with Gasteiger partial charge in [-0.25, -0.2) is 4.68 Å². The molecule has 6 nitrogen and oxygen atoms in total. The van der Waals surface area contributed by atoms with Gasteiger partial charge < -0.3 is 9.64 Å². The van der Waals surface area contributed by atoms with Gasteiger partial charge in [0.05, 0.1) is 11.6 Å². The zero-order valence-corrected chi connectivity index (χ0v) is 11.5. The van der Waals surface area contributed by atoms with Gasteiger partial charge in [0.25, 0.3) is 0 Å². The Labute approximate surface area is 117 Å². The maximum absolute atomic E-state index is 12.4. The fourth-order valence-electron chi connectivity index (χ4n) is 2.62. The molecule has 3 rings (SSSR count). The molecule has 106 valence electrons. The number of carbonyl (C=O) groups is 1. The molecule has 1 aromatic carbocycles. The highest BCUT2D eigenvalue weighted by molar-refractivity contribution is 5.79. The first-order chi connectivity index (χ1) is 9.78. The molecule has 1 aliphatic rings. The van der Waals surface area contributed by atoms with Crippen molar-refractivity contribution in [3.05, 3.63) is 24.3 Å². The molecule has 2 heterocycles. The number of methoxy groups -OCH3 is 1. The van der Waals surface area contributed by atoms with E-state index in [2.05, 4.69) is 10.3 Å². The van der Waals surface area contributed by atoms with E-state index in [-0.39, 0.29) is 18.6 Å². The molecule has 1 aromatic heterocycles. The first-order valence-electron chi connectivity index (χ1n) is 6.86. The number of benzene rings is 1. The van der Waals surface area contributed by atoms with Gasteiger partial charge in [-0.1, -0.05) is 17.3 Å². The predicted octanol–water partition coefficient (Wildman–Crippen LogP) is 1.07. The monoisotopic (exact) mass is 274 g/mol. The molecule has 0 unspecified atom stereocenters. The minimum Gasteiger partial charge on any atom is -0.380 e. The summed E-state index contributed by atoms with van der Waals surface area (Å²) in [6, 6.07) is 7.66. The minimum absolute atomic E-state index is 0.0717. The third-order valence-electron chi connectivity index (χ3n) is 3.77. The maximum atomic E-state index is 12.4. The fourth-order valence-corrected chi connectivity index (χ4v) is 2.62. The van der Waals surface area contributed by atoms with Gasteiger partial charge in [0.2, 0.25) is 5.91 Å². The van der Waals surface area contributed by atoms with E-state index in [0.717, 1.165) is 30.4 Å². The van der Waals surface area contributed by atoms with Crippen molar-refractivity contribution in [2.75, 3.05) is 20.2 Å². The van der Waals surface area contributed by atoms with Crippen LogP contribution in [-0.2, 0) is 16.1 Å². The Kier molecular flexibility index (Phi) is 3.64. The number of ether oxygens (including phenoxy) is 1. The lowest BCUT2D eigenvalue weighted by atomic mass is 10.1. The first-order valence-corrected chi connectivity index (χ1v) is 6.86. The van der Waals surface area contributed by atoms with E-state index in [9.17, 15) is 4.79 Å². The molecule has 1 aliphatic heterocycles. The number of para-hydroxylation sites is 1. The Balaban J connectivity index is 1.72. The van der Waals surface area contributed by atoms with Gasteiger partial charge in [-0.2, -0.15) is 0 Å². The Hall–Kier alpha value is -1.95. The molecule has 20 heavy (non-hydrogen) atoms. The summed E-state index contributed by atoms with van der Waals surface area (Å²) in [7, 11) is 1.70. The van der Waals surface area contributed by atoms with Crippen LogP contribution in [0, 0.1) is 0 Å². The smallest absolute Gasteiger partial charge is 0.244 e. The fraction of sp³-hybridized carbons (Fsp3) is 0.500. The maximum Gasteiger partial charge on any atom is 0.244 e. The lowest BCUT2D eigenvalue weighted by Crippen LogP contribution is -2.44. The van der Waals surface area contributed by atoms with Crippen LogP contribution in [0.25, 0.3) is 11.0 Å². The van der Waals surface area contributed by atoms with E-state index in [1.165, 1.54) is 0 Å². The van der Waals surface area contributed by atoms with E-state index in [0.29, 0.717) is 6.54 Å². The quantitative estimate of drug-likeness (QED) is 0.840. The number of likely N-dealkylation sites (tertiary alicyclic amines) is 1. The molecule has 2 aromatic rings. The van der Waals surface area contributed by atoms with Gasteiger partial charge in [-0.15, -0.1) is 5.10 Å². The second-order valence-corrected chi connectivity index (χ2v) is 5.08. The van der Waals surface area contributed by atoms with Crippen LogP contribution in [0.1, 0.15) is 12.8 Å².